The molecule has 2 aromatic rings. The van der Waals surface area contributed by atoms with Gasteiger partial charge >= 0.3 is 0 Å². The molecule has 1 saturated heterocycles. The topological polar surface area (TPSA) is 96.7 Å². The summed E-state index contributed by atoms with van der Waals surface area (Å²) in [5.74, 6) is 1.32. The van der Waals surface area contributed by atoms with E-state index < -0.39 is 6.04 Å². The van der Waals surface area contributed by atoms with E-state index in [1.165, 1.54) is 0 Å². The third kappa shape index (κ3) is 4.36. The highest BCUT2D eigenvalue weighted by Crippen LogP contribution is 2.28. The Kier molecular flexibility index (Phi) is 5.42. The molecule has 1 aromatic carbocycles. The second kappa shape index (κ2) is 8.14. The van der Waals surface area contributed by atoms with Crippen molar-refractivity contribution in [3.8, 4) is 5.75 Å². The van der Waals surface area contributed by atoms with E-state index in [0.29, 0.717) is 31.8 Å². The normalized spacial score (nSPS) is 23.1. The number of carbonyl (C=O) groups excluding carboxylic acids is 2. The van der Waals surface area contributed by atoms with Crippen molar-refractivity contribution >= 4 is 17.5 Å². The Hall–Kier alpha value is -3.03. The Morgan fingerprint density at radius 3 is 2.97 bits per heavy atom. The number of carbonyl (C=O) groups is 2. The van der Waals surface area contributed by atoms with Crippen molar-refractivity contribution in [1.82, 2.24) is 15.4 Å². The molecule has 0 bridgehead atoms. The highest BCUT2D eigenvalue weighted by atomic mass is 16.5. The van der Waals surface area contributed by atoms with Gasteiger partial charge in [0.2, 0.25) is 11.8 Å². The molecule has 2 aliphatic heterocycles. The van der Waals surface area contributed by atoms with E-state index in [2.05, 4.69) is 22.7 Å². The summed E-state index contributed by atoms with van der Waals surface area (Å²) in [5.41, 5.74) is 1.69. The second-order valence-corrected chi connectivity index (χ2v) is 7.88. The van der Waals surface area contributed by atoms with Crippen molar-refractivity contribution in [2.45, 2.75) is 38.8 Å². The Balaban J connectivity index is 1.34. The molecule has 0 aliphatic carbocycles. The van der Waals surface area contributed by atoms with Crippen LogP contribution in [0, 0.1) is 12.8 Å². The SMILES string of the molecule is Cc1cc(CC(=O)N2CC(C)CC2C(=O)NCC2CNc3ccccc3O2)on1. The first-order valence-electron chi connectivity index (χ1n) is 9.98. The van der Waals surface area contributed by atoms with Crippen LogP contribution >= 0.6 is 0 Å². The average Bonchev–Trinajstić information content (AvgIpc) is 3.31. The van der Waals surface area contributed by atoms with Crippen LogP contribution in [-0.2, 0) is 16.0 Å². The number of para-hydroxylation sites is 2. The summed E-state index contributed by atoms with van der Waals surface area (Å²) in [5, 5.41) is 10.1. The molecule has 3 unspecified atom stereocenters. The van der Waals surface area contributed by atoms with Crippen molar-refractivity contribution in [2.24, 2.45) is 5.92 Å². The highest BCUT2D eigenvalue weighted by Gasteiger charge is 2.38. The maximum Gasteiger partial charge on any atom is 0.242 e. The summed E-state index contributed by atoms with van der Waals surface area (Å²) >= 11 is 0. The van der Waals surface area contributed by atoms with Gasteiger partial charge < -0.3 is 24.8 Å². The zero-order chi connectivity index (χ0) is 20.4. The van der Waals surface area contributed by atoms with E-state index in [9.17, 15) is 9.59 Å². The lowest BCUT2D eigenvalue weighted by atomic mass is 10.1. The van der Waals surface area contributed by atoms with Crippen LogP contribution in [0.25, 0.3) is 0 Å². The molecule has 154 valence electrons. The predicted molar refractivity (Wildman–Crippen MR) is 107 cm³/mol. The lowest BCUT2D eigenvalue weighted by Gasteiger charge is -2.29. The van der Waals surface area contributed by atoms with Crippen molar-refractivity contribution in [2.75, 3.05) is 25.0 Å². The van der Waals surface area contributed by atoms with Crippen molar-refractivity contribution < 1.29 is 18.8 Å². The van der Waals surface area contributed by atoms with Crippen LogP contribution in [-0.4, -0.2) is 53.7 Å². The first kappa shape index (κ1) is 19.3. The van der Waals surface area contributed by atoms with Crippen LogP contribution in [0.1, 0.15) is 24.8 Å². The Morgan fingerprint density at radius 2 is 2.17 bits per heavy atom. The molecule has 4 rings (SSSR count). The number of likely N-dealkylation sites (tertiary alicyclic amines) is 1. The minimum atomic E-state index is -0.467. The number of aromatic nitrogens is 1. The van der Waals surface area contributed by atoms with Crippen LogP contribution in [0.4, 0.5) is 5.69 Å². The molecule has 8 heteroatoms. The smallest absolute Gasteiger partial charge is 0.242 e. The fourth-order valence-corrected chi connectivity index (χ4v) is 3.93. The van der Waals surface area contributed by atoms with E-state index in [4.69, 9.17) is 9.26 Å². The number of amides is 2. The van der Waals surface area contributed by atoms with Crippen LogP contribution in [0.15, 0.2) is 34.9 Å². The minimum absolute atomic E-state index is 0.115. The number of rotatable bonds is 5. The fourth-order valence-electron chi connectivity index (χ4n) is 3.93. The quantitative estimate of drug-likeness (QED) is 0.797. The summed E-state index contributed by atoms with van der Waals surface area (Å²) in [6.45, 7) is 5.43. The Labute approximate surface area is 169 Å². The molecule has 0 saturated carbocycles. The van der Waals surface area contributed by atoms with E-state index in [1.807, 2.05) is 31.2 Å². The minimum Gasteiger partial charge on any atom is -0.485 e. The van der Waals surface area contributed by atoms with Gasteiger partial charge in [-0.3, -0.25) is 9.59 Å². The summed E-state index contributed by atoms with van der Waals surface area (Å²) in [6, 6.07) is 9.01. The summed E-state index contributed by atoms with van der Waals surface area (Å²) in [7, 11) is 0. The third-order valence-electron chi connectivity index (χ3n) is 5.34. The maximum atomic E-state index is 12.8. The van der Waals surface area contributed by atoms with Gasteiger partial charge in [-0.2, -0.15) is 0 Å². The number of nitrogens with one attached hydrogen (secondary N) is 2. The molecule has 0 radical (unpaired) electrons. The van der Waals surface area contributed by atoms with Gasteiger partial charge in [0.05, 0.1) is 30.9 Å². The highest BCUT2D eigenvalue weighted by molar-refractivity contribution is 5.89. The molecule has 3 atom stereocenters. The van der Waals surface area contributed by atoms with E-state index in [0.717, 1.165) is 17.1 Å². The molecule has 3 heterocycles. The molecule has 1 fully saturated rings. The van der Waals surface area contributed by atoms with Crippen LogP contribution < -0.4 is 15.4 Å². The van der Waals surface area contributed by atoms with E-state index in [1.54, 1.807) is 11.0 Å². The zero-order valence-corrected chi connectivity index (χ0v) is 16.7. The van der Waals surface area contributed by atoms with Crippen molar-refractivity contribution in [3.63, 3.8) is 0 Å². The Morgan fingerprint density at radius 1 is 1.34 bits per heavy atom. The van der Waals surface area contributed by atoms with Gasteiger partial charge in [0, 0.05) is 12.6 Å². The average molecular weight is 398 g/mol. The third-order valence-corrected chi connectivity index (χ3v) is 5.34. The lowest BCUT2D eigenvalue weighted by molar-refractivity contribution is -0.138. The van der Waals surface area contributed by atoms with Gasteiger partial charge in [-0.05, 0) is 31.4 Å². The number of nitrogens with zero attached hydrogens (tertiary/aromatic N) is 2. The predicted octanol–water partition coefficient (Wildman–Crippen LogP) is 1.75. The molecule has 29 heavy (non-hydrogen) atoms. The van der Waals surface area contributed by atoms with E-state index in [-0.39, 0.29) is 30.3 Å². The molecule has 2 aliphatic rings. The summed E-state index contributed by atoms with van der Waals surface area (Å²) < 4.78 is 11.1. The molecular formula is C21H26N4O4. The standard InChI is InChI=1S/C21H26N4O4/c1-13-7-18(25(12-13)20(26)9-15-8-14(2)24-29-15)21(27)23-11-16-10-22-17-5-3-4-6-19(17)28-16/h3-6,8,13,16,18,22H,7,9-12H2,1-2H3,(H,23,27). The summed E-state index contributed by atoms with van der Waals surface area (Å²) in [6.07, 6.45) is 0.609. The number of aryl methyl sites for hydroxylation is 1. The number of hydrogen-bond acceptors (Lipinski definition) is 6. The molecule has 1 aromatic heterocycles. The first-order valence-corrected chi connectivity index (χ1v) is 9.98. The molecule has 2 N–H and O–H groups in total. The van der Waals surface area contributed by atoms with Gasteiger partial charge in [0.15, 0.2) is 0 Å². The number of anilines is 1. The number of ether oxygens (including phenoxy) is 1. The van der Waals surface area contributed by atoms with Gasteiger partial charge in [0.25, 0.3) is 0 Å². The van der Waals surface area contributed by atoms with Crippen molar-refractivity contribution in [1.29, 1.82) is 0 Å². The fraction of sp³-hybridized carbons (Fsp3) is 0.476. The molecular weight excluding hydrogens is 372 g/mol. The number of benzene rings is 1. The summed E-state index contributed by atoms with van der Waals surface area (Å²) in [4.78, 5) is 27.2. The van der Waals surface area contributed by atoms with Gasteiger partial charge in [-0.25, -0.2) is 0 Å². The van der Waals surface area contributed by atoms with E-state index >= 15 is 0 Å². The number of hydrogen-bond donors (Lipinski definition) is 2. The van der Waals surface area contributed by atoms with Crippen LogP contribution in [0.2, 0.25) is 0 Å². The van der Waals surface area contributed by atoms with Gasteiger partial charge in [-0.15, -0.1) is 0 Å². The van der Waals surface area contributed by atoms with Crippen molar-refractivity contribution in [3.05, 3.63) is 41.8 Å². The lowest BCUT2D eigenvalue weighted by Crippen LogP contribution is -2.49. The first-order chi connectivity index (χ1) is 14.0. The van der Waals surface area contributed by atoms with Crippen LogP contribution in [0.5, 0.6) is 5.75 Å². The molecule has 0 spiro atoms. The molecule has 2 amide bonds. The largest absolute Gasteiger partial charge is 0.485 e. The zero-order valence-electron chi connectivity index (χ0n) is 16.7. The Bertz CT molecular complexity index is 896. The number of fused-ring (bicyclic) bond motifs is 1. The van der Waals surface area contributed by atoms with Crippen LogP contribution in [0.3, 0.4) is 0 Å². The van der Waals surface area contributed by atoms with Gasteiger partial charge in [0.1, 0.15) is 23.7 Å². The maximum absolute atomic E-state index is 12.8. The van der Waals surface area contributed by atoms with Gasteiger partial charge in [-0.1, -0.05) is 24.2 Å². The molecule has 8 nitrogen and oxygen atoms in total. The second-order valence-electron chi connectivity index (χ2n) is 7.88. The monoisotopic (exact) mass is 398 g/mol.